The molecule has 6 nitrogen and oxygen atoms in total. The first kappa shape index (κ1) is 13.0. The molecule has 6 heteroatoms. The van der Waals surface area contributed by atoms with Crippen molar-refractivity contribution in [3.05, 3.63) is 11.6 Å². The molecule has 0 aromatic carbocycles. The highest BCUT2D eigenvalue weighted by Gasteiger charge is 2.20. The van der Waals surface area contributed by atoms with Crippen LogP contribution >= 0.6 is 0 Å². The van der Waals surface area contributed by atoms with Crippen LogP contribution in [0.2, 0.25) is 0 Å². The first-order valence-electron chi connectivity index (χ1n) is 7.10. The Labute approximate surface area is 112 Å². The van der Waals surface area contributed by atoms with E-state index in [0.717, 1.165) is 57.2 Å². The molecule has 1 N–H and O–H groups in total. The summed E-state index contributed by atoms with van der Waals surface area (Å²) in [6.07, 6.45) is 4.52. The highest BCUT2D eigenvalue weighted by molar-refractivity contribution is 4.98. The van der Waals surface area contributed by atoms with Crippen molar-refractivity contribution in [2.45, 2.75) is 44.3 Å². The molecule has 0 aliphatic carbocycles. The van der Waals surface area contributed by atoms with Gasteiger partial charge in [-0.25, -0.2) is 4.98 Å². The van der Waals surface area contributed by atoms with Gasteiger partial charge in [-0.05, 0) is 25.7 Å². The van der Waals surface area contributed by atoms with Crippen LogP contribution in [0.5, 0.6) is 0 Å². The van der Waals surface area contributed by atoms with Crippen molar-refractivity contribution in [1.29, 1.82) is 0 Å². The molecule has 1 aromatic rings. The summed E-state index contributed by atoms with van der Waals surface area (Å²) >= 11 is 0. The third-order valence-electron chi connectivity index (χ3n) is 3.70. The van der Waals surface area contributed by atoms with Crippen LogP contribution in [0.4, 0.5) is 0 Å². The lowest BCUT2D eigenvalue weighted by Crippen LogP contribution is -2.15. The first-order chi connectivity index (χ1) is 9.42. The van der Waals surface area contributed by atoms with E-state index in [0.29, 0.717) is 19.1 Å². The van der Waals surface area contributed by atoms with E-state index >= 15 is 0 Å². The Bertz CT molecular complexity index is 384. The molecule has 1 aromatic heterocycles. The Balaban J connectivity index is 1.44. The minimum absolute atomic E-state index is 0.262. The number of rotatable bonds is 5. The Morgan fingerprint density at radius 2 is 2.11 bits per heavy atom. The molecule has 1 atom stereocenters. The average Bonchev–Trinajstić information content (AvgIpc) is 3.11. The van der Waals surface area contributed by atoms with Crippen LogP contribution in [0.25, 0.3) is 0 Å². The van der Waals surface area contributed by atoms with E-state index in [1.54, 1.807) is 0 Å². The molecule has 0 bridgehead atoms. The van der Waals surface area contributed by atoms with Crippen molar-refractivity contribution >= 4 is 0 Å². The number of nitrogens with zero attached hydrogens (tertiary/aromatic N) is 2. The van der Waals surface area contributed by atoms with Crippen LogP contribution in [-0.2, 0) is 20.8 Å². The van der Waals surface area contributed by atoms with Crippen molar-refractivity contribution in [2.24, 2.45) is 0 Å². The fourth-order valence-electron chi connectivity index (χ4n) is 2.58. The van der Waals surface area contributed by atoms with Gasteiger partial charge in [-0.1, -0.05) is 0 Å². The number of ether oxygens (including phenoxy) is 3. The number of nitrogens with one attached hydrogen (secondary N) is 1. The summed E-state index contributed by atoms with van der Waals surface area (Å²) in [4.78, 5) is 4.51. The molecule has 0 amide bonds. The van der Waals surface area contributed by atoms with Gasteiger partial charge in [-0.3, -0.25) is 5.10 Å². The standard InChI is InChI=1S/C13H21N3O3/c1-2-11(19-5-1)8-18-9-12-14-13(16-15-12)10-3-6-17-7-4-10/h10-11H,1-9H2,(H,14,15,16). The van der Waals surface area contributed by atoms with Crippen molar-refractivity contribution < 1.29 is 14.2 Å². The van der Waals surface area contributed by atoms with E-state index < -0.39 is 0 Å². The Morgan fingerprint density at radius 1 is 1.21 bits per heavy atom. The second-order valence-corrected chi connectivity index (χ2v) is 5.18. The summed E-state index contributed by atoms with van der Waals surface area (Å²) in [6.45, 7) is 3.61. The number of aromatic amines is 1. The lowest BCUT2D eigenvalue weighted by Gasteiger charge is -2.18. The van der Waals surface area contributed by atoms with Gasteiger partial charge in [0.15, 0.2) is 11.6 Å². The van der Waals surface area contributed by atoms with Crippen LogP contribution in [0.1, 0.15) is 43.3 Å². The van der Waals surface area contributed by atoms with Crippen LogP contribution < -0.4 is 0 Å². The fraction of sp³-hybridized carbons (Fsp3) is 0.846. The maximum atomic E-state index is 5.62. The molecule has 3 heterocycles. The second-order valence-electron chi connectivity index (χ2n) is 5.18. The molecule has 2 aliphatic rings. The number of hydrogen-bond acceptors (Lipinski definition) is 5. The quantitative estimate of drug-likeness (QED) is 0.873. The van der Waals surface area contributed by atoms with Crippen molar-refractivity contribution in [2.75, 3.05) is 26.4 Å². The van der Waals surface area contributed by atoms with Gasteiger partial charge in [-0.15, -0.1) is 0 Å². The monoisotopic (exact) mass is 267 g/mol. The largest absolute Gasteiger partial charge is 0.381 e. The third kappa shape index (κ3) is 3.52. The van der Waals surface area contributed by atoms with Gasteiger partial charge in [0.05, 0.1) is 12.7 Å². The molecular formula is C13H21N3O3. The van der Waals surface area contributed by atoms with Crippen LogP contribution in [0.3, 0.4) is 0 Å². The second kappa shape index (κ2) is 6.45. The van der Waals surface area contributed by atoms with Gasteiger partial charge in [0, 0.05) is 25.7 Å². The smallest absolute Gasteiger partial charge is 0.154 e. The zero-order valence-corrected chi connectivity index (χ0v) is 11.1. The minimum Gasteiger partial charge on any atom is -0.381 e. The molecule has 2 saturated heterocycles. The van der Waals surface area contributed by atoms with Crippen molar-refractivity contribution in [3.8, 4) is 0 Å². The molecule has 0 radical (unpaired) electrons. The Hall–Kier alpha value is -0.980. The van der Waals surface area contributed by atoms with E-state index in [9.17, 15) is 0 Å². The zero-order valence-electron chi connectivity index (χ0n) is 11.1. The van der Waals surface area contributed by atoms with Gasteiger partial charge >= 0.3 is 0 Å². The van der Waals surface area contributed by atoms with Crippen LogP contribution in [0, 0.1) is 0 Å². The highest BCUT2D eigenvalue weighted by Crippen LogP contribution is 2.23. The Kier molecular flexibility index (Phi) is 4.42. The molecule has 19 heavy (non-hydrogen) atoms. The summed E-state index contributed by atoms with van der Waals surface area (Å²) in [6, 6.07) is 0. The molecule has 2 fully saturated rings. The van der Waals surface area contributed by atoms with Gasteiger partial charge < -0.3 is 14.2 Å². The maximum Gasteiger partial charge on any atom is 0.154 e. The topological polar surface area (TPSA) is 69.3 Å². The van der Waals surface area contributed by atoms with Crippen LogP contribution in [-0.4, -0.2) is 47.7 Å². The van der Waals surface area contributed by atoms with Crippen molar-refractivity contribution in [1.82, 2.24) is 15.2 Å². The third-order valence-corrected chi connectivity index (χ3v) is 3.70. The maximum absolute atomic E-state index is 5.62. The molecule has 0 spiro atoms. The summed E-state index contributed by atoms with van der Waals surface area (Å²) in [5.74, 6) is 2.13. The van der Waals surface area contributed by atoms with E-state index in [4.69, 9.17) is 14.2 Å². The summed E-state index contributed by atoms with van der Waals surface area (Å²) in [7, 11) is 0. The molecule has 1 unspecified atom stereocenters. The first-order valence-corrected chi connectivity index (χ1v) is 7.10. The number of aromatic nitrogens is 3. The lowest BCUT2D eigenvalue weighted by molar-refractivity contribution is 0.00867. The molecular weight excluding hydrogens is 246 g/mol. The summed E-state index contributed by atoms with van der Waals surface area (Å²) in [5.41, 5.74) is 0. The fourth-order valence-corrected chi connectivity index (χ4v) is 2.58. The molecule has 0 saturated carbocycles. The van der Waals surface area contributed by atoms with E-state index in [2.05, 4.69) is 15.2 Å². The highest BCUT2D eigenvalue weighted by atomic mass is 16.5. The van der Waals surface area contributed by atoms with Gasteiger partial charge in [-0.2, -0.15) is 5.10 Å². The van der Waals surface area contributed by atoms with Gasteiger partial charge in [0.25, 0.3) is 0 Å². The number of H-pyrrole nitrogens is 1. The normalized spacial score (nSPS) is 24.9. The summed E-state index contributed by atoms with van der Waals surface area (Å²) < 4.78 is 16.5. The van der Waals surface area contributed by atoms with E-state index in [1.807, 2.05) is 0 Å². The SMILES string of the molecule is C1COC(COCc2nc(C3CCOCC3)n[nH]2)C1. The zero-order chi connectivity index (χ0) is 12.9. The number of hydrogen-bond donors (Lipinski definition) is 1. The van der Waals surface area contributed by atoms with Gasteiger partial charge in [0.1, 0.15) is 6.61 Å². The predicted molar refractivity (Wildman–Crippen MR) is 67.8 cm³/mol. The molecule has 106 valence electrons. The molecule has 2 aliphatic heterocycles. The summed E-state index contributed by atoms with van der Waals surface area (Å²) in [5, 5.41) is 7.25. The minimum atomic E-state index is 0.262. The van der Waals surface area contributed by atoms with Crippen LogP contribution in [0.15, 0.2) is 0 Å². The average molecular weight is 267 g/mol. The Morgan fingerprint density at radius 3 is 2.89 bits per heavy atom. The molecule has 3 rings (SSSR count). The lowest BCUT2D eigenvalue weighted by atomic mass is 10.00. The van der Waals surface area contributed by atoms with Crippen molar-refractivity contribution in [3.63, 3.8) is 0 Å². The van der Waals surface area contributed by atoms with E-state index in [1.165, 1.54) is 0 Å². The predicted octanol–water partition coefficient (Wildman–Crippen LogP) is 1.39. The van der Waals surface area contributed by atoms with Gasteiger partial charge in [0.2, 0.25) is 0 Å². The van der Waals surface area contributed by atoms with E-state index in [-0.39, 0.29) is 6.10 Å².